The number of carboxylic acids is 1. The first-order valence-electron chi connectivity index (χ1n) is 5.77. The zero-order chi connectivity index (χ0) is 9.97. The van der Waals surface area contributed by atoms with Gasteiger partial charge in [-0.15, -0.1) is 0 Å². The summed E-state index contributed by atoms with van der Waals surface area (Å²) in [5.74, 6) is -0.614. The molecule has 0 radical (unpaired) electrons. The van der Waals surface area contributed by atoms with Gasteiger partial charge in [-0.1, -0.05) is 19.3 Å². The maximum Gasteiger partial charge on any atom is 0.320 e. The summed E-state index contributed by atoms with van der Waals surface area (Å²) < 4.78 is 0. The number of piperidine rings is 1. The van der Waals surface area contributed by atoms with Crippen molar-refractivity contribution in [2.75, 3.05) is 6.54 Å². The quantitative estimate of drug-likeness (QED) is 0.734. The zero-order valence-electron chi connectivity index (χ0n) is 8.61. The number of nitrogens with zero attached hydrogens (tertiary/aromatic N) is 1. The van der Waals surface area contributed by atoms with Gasteiger partial charge in [-0.05, 0) is 32.2 Å². The van der Waals surface area contributed by atoms with E-state index in [-0.39, 0.29) is 6.04 Å². The van der Waals surface area contributed by atoms with Crippen LogP contribution < -0.4 is 0 Å². The van der Waals surface area contributed by atoms with E-state index in [2.05, 4.69) is 4.90 Å². The fourth-order valence-electron chi connectivity index (χ4n) is 2.89. The highest BCUT2D eigenvalue weighted by Crippen LogP contribution is 2.29. The second-order valence-corrected chi connectivity index (χ2v) is 4.53. The van der Waals surface area contributed by atoms with Gasteiger partial charge in [-0.25, -0.2) is 0 Å². The summed E-state index contributed by atoms with van der Waals surface area (Å²) in [5, 5.41) is 9.13. The first kappa shape index (κ1) is 9.97. The Kier molecular flexibility index (Phi) is 3.06. The van der Waals surface area contributed by atoms with Gasteiger partial charge in [0.25, 0.3) is 0 Å². The van der Waals surface area contributed by atoms with E-state index in [9.17, 15) is 4.79 Å². The molecule has 0 aromatic carbocycles. The highest BCUT2D eigenvalue weighted by atomic mass is 16.4. The van der Waals surface area contributed by atoms with Crippen molar-refractivity contribution in [3.05, 3.63) is 0 Å². The molecule has 0 unspecified atom stereocenters. The molecule has 1 saturated carbocycles. The third-order valence-electron chi connectivity index (χ3n) is 3.62. The Balaban J connectivity index is 2.01. The number of hydrogen-bond donors (Lipinski definition) is 1. The molecular formula is C11H19NO2. The van der Waals surface area contributed by atoms with Crippen molar-refractivity contribution >= 4 is 5.97 Å². The number of aliphatic carboxylic acids is 1. The molecular weight excluding hydrogens is 178 g/mol. The maximum atomic E-state index is 11.1. The topological polar surface area (TPSA) is 40.5 Å². The Hall–Kier alpha value is -0.570. The van der Waals surface area contributed by atoms with Crippen LogP contribution in [0.15, 0.2) is 0 Å². The standard InChI is InChI=1S/C11H19NO2/c13-11(14)10-7-3-4-8-12(10)9-5-1-2-6-9/h9-10H,1-8H2,(H,13,14)/t10-/m0/s1. The van der Waals surface area contributed by atoms with Gasteiger partial charge in [-0.3, -0.25) is 9.69 Å². The minimum atomic E-state index is -0.614. The van der Waals surface area contributed by atoms with E-state index in [1.165, 1.54) is 32.1 Å². The molecule has 80 valence electrons. The van der Waals surface area contributed by atoms with E-state index >= 15 is 0 Å². The van der Waals surface area contributed by atoms with Crippen molar-refractivity contribution in [2.24, 2.45) is 0 Å². The van der Waals surface area contributed by atoms with Gasteiger partial charge in [0.1, 0.15) is 6.04 Å². The first-order chi connectivity index (χ1) is 6.79. The fraction of sp³-hybridized carbons (Fsp3) is 0.909. The van der Waals surface area contributed by atoms with Crippen LogP contribution in [0.2, 0.25) is 0 Å². The summed E-state index contributed by atoms with van der Waals surface area (Å²) in [6.07, 6.45) is 8.11. The Labute approximate surface area is 85.1 Å². The molecule has 0 aromatic heterocycles. The average Bonchev–Trinajstić information content (AvgIpc) is 2.70. The molecule has 14 heavy (non-hydrogen) atoms. The third kappa shape index (κ3) is 1.92. The summed E-state index contributed by atoms with van der Waals surface area (Å²) in [6, 6.07) is 0.378. The second kappa shape index (κ2) is 4.30. The predicted octanol–water partition coefficient (Wildman–Crippen LogP) is 1.87. The number of hydrogen-bond acceptors (Lipinski definition) is 2. The molecule has 0 spiro atoms. The molecule has 0 bridgehead atoms. The SMILES string of the molecule is O=C(O)[C@@H]1CCCCN1C1CCCC1. The van der Waals surface area contributed by atoms with E-state index in [1.807, 2.05) is 0 Å². The van der Waals surface area contributed by atoms with Crippen molar-refractivity contribution in [1.29, 1.82) is 0 Å². The summed E-state index contributed by atoms with van der Waals surface area (Å²) >= 11 is 0. The number of likely N-dealkylation sites (tertiary alicyclic amines) is 1. The Morgan fingerprint density at radius 2 is 1.71 bits per heavy atom. The Bertz CT molecular complexity index is 211. The minimum absolute atomic E-state index is 0.188. The molecule has 1 heterocycles. The van der Waals surface area contributed by atoms with Crippen LogP contribution in [-0.4, -0.2) is 34.6 Å². The van der Waals surface area contributed by atoms with Crippen molar-refractivity contribution in [3.8, 4) is 0 Å². The number of carbonyl (C=O) groups is 1. The third-order valence-corrected chi connectivity index (χ3v) is 3.62. The molecule has 1 atom stereocenters. The van der Waals surface area contributed by atoms with Gasteiger partial charge in [0.15, 0.2) is 0 Å². The van der Waals surface area contributed by atoms with Crippen LogP contribution in [0, 0.1) is 0 Å². The van der Waals surface area contributed by atoms with Gasteiger partial charge in [-0.2, -0.15) is 0 Å². The van der Waals surface area contributed by atoms with Crippen LogP contribution in [0.4, 0.5) is 0 Å². The molecule has 1 aliphatic heterocycles. The van der Waals surface area contributed by atoms with Gasteiger partial charge in [0.05, 0.1) is 0 Å². The Morgan fingerprint density at radius 1 is 1.07 bits per heavy atom. The maximum absolute atomic E-state index is 11.1. The molecule has 1 saturated heterocycles. The van der Waals surface area contributed by atoms with Crippen molar-refractivity contribution in [3.63, 3.8) is 0 Å². The molecule has 2 fully saturated rings. The normalized spacial score (nSPS) is 30.7. The van der Waals surface area contributed by atoms with Crippen molar-refractivity contribution < 1.29 is 9.90 Å². The van der Waals surface area contributed by atoms with Crippen molar-refractivity contribution in [1.82, 2.24) is 4.90 Å². The lowest BCUT2D eigenvalue weighted by molar-refractivity contribution is -0.145. The van der Waals surface area contributed by atoms with E-state index in [0.717, 1.165) is 19.4 Å². The van der Waals surface area contributed by atoms with Crippen LogP contribution in [-0.2, 0) is 4.79 Å². The predicted molar refractivity (Wildman–Crippen MR) is 54.2 cm³/mol. The lowest BCUT2D eigenvalue weighted by Gasteiger charge is -2.37. The first-order valence-corrected chi connectivity index (χ1v) is 5.77. The van der Waals surface area contributed by atoms with Gasteiger partial charge < -0.3 is 5.11 Å². The summed E-state index contributed by atoms with van der Waals surface area (Å²) in [7, 11) is 0. The molecule has 3 nitrogen and oxygen atoms in total. The largest absolute Gasteiger partial charge is 0.480 e. The lowest BCUT2D eigenvalue weighted by Crippen LogP contribution is -2.49. The van der Waals surface area contributed by atoms with Crippen LogP contribution in [0.1, 0.15) is 44.9 Å². The van der Waals surface area contributed by atoms with E-state index in [1.54, 1.807) is 0 Å². The van der Waals surface area contributed by atoms with Gasteiger partial charge in [0.2, 0.25) is 0 Å². The van der Waals surface area contributed by atoms with Crippen molar-refractivity contribution in [2.45, 2.75) is 57.0 Å². The van der Waals surface area contributed by atoms with Crippen LogP contribution >= 0.6 is 0 Å². The van der Waals surface area contributed by atoms with E-state index < -0.39 is 5.97 Å². The Morgan fingerprint density at radius 3 is 2.36 bits per heavy atom. The van der Waals surface area contributed by atoms with Gasteiger partial charge in [0, 0.05) is 6.04 Å². The summed E-state index contributed by atoms with van der Waals surface area (Å²) in [6.45, 7) is 1.00. The molecule has 2 rings (SSSR count). The highest BCUT2D eigenvalue weighted by Gasteiger charge is 2.34. The number of rotatable bonds is 2. The van der Waals surface area contributed by atoms with Crippen LogP contribution in [0.5, 0.6) is 0 Å². The second-order valence-electron chi connectivity index (χ2n) is 4.53. The molecule has 1 N–H and O–H groups in total. The summed E-state index contributed by atoms with van der Waals surface area (Å²) in [4.78, 5) is 13.3. The molecule has 1 aliphatic carbocycles. The fourth-order valence-corrected chi connectivity index (χ4v) is 2.89. The van der Waals surface area contributed by atoms with Gasteiger partial charge >= 0.3 is 5.97 Å². The van der Waals surface area contributed by atoms with E-state index in [4.69, 9.17) is 5.11 Å². The molecule has 2 aliphatic rings. The average molecular weight is 197 g/mol. The summed E-state index contributed by atoms with van der Waals surface area (Å²) in [5.41, 5.74) is 0. The van der Waals surface area contributed by atoms with Crippen LogP contribution in [0.25, 0.3) is 0 Å². The van der Waals surface area contributed by atoms with Crippen LogP contribution in [0.3, 0.4) is 0 Å². The highest BCUT2D eigenvalue weighted by molar-refractivity contribution is 5.73. The smallest absolute Gasteiger partial charge is 0.320 e. The van der Waals surface area contributed by atoms with E-state index in [0.29, 0.717) is 6.04 Å². The molecule has 0 amide bonds. The monoisotopic (exact) mass is 197 g/mol. The minimum Gasteiger partial charge on any atom is -0.480 e. The number of carboxylic acid groups (broad SMARTS) is 1. The molecule has 3 heteroatoms. The lowest BCUT2D eigenvalue weighted by atomic mass is 9.99. The molecule has 0 aromatic rings. The zero-order valence-corrected chi connectivity index (χ0v) is 8.61.